The van der Waals surface area contributed by atoms with Gasteiger partial charge >= 0.3 is 0 Å². The van der Waals surface area contributed by atoms with Gasteiger partial charge in [-0.1, -0.05) is 34.6 Å². The number of aliphatic hydroxyl groups excluding tert-OH is 1. The maximum Gasteiger partial charge on any atom is 0.223 e. The van der Waals surface area contributed by atoms with Gasteiger partial charge < -0.3 is 15.3 Å². The fourth-order valence-corrected chi connectivity index (χ4v) is 2.67. The summed E-state index contributed by atoms with van der Waals surface area (Å²) in [7, 11) is 0. The standard InChI is InChI=1S/C17H34N2O2/c1-13(2)15(20)6-9-18-14-7-10-19(11-8-14)16(21)12-17(3,4)5/h13-15,18,20H,6-12H2,1-5H3. The van der Waals surface area contributed by atoms with E-state index in [0.29, 0.717) is 18.4 Å². The van der Waals surface area contributed by atoms with Crippen LogP contribution in [0.25, 0.3) is 0 Å². The second-order valence-corrected chi connectivity index (χ2v) is 7.95. The Kier molecular flexibility index (Phi) is 7.14. The molecule has 124 valence electrons. The van der Waals surface area contributed by atoms with E-state index in [2.05, 4.69) is 26.1 Å². The minimum atomic E-state index is -0.217. The van der Waals surface area contributed by atoms with E-state index in [-0.39, 0.29) is 17.4 Å². The number of rotatable bonds is 6. The second kappa shape index (κ2) is 8.14. The van der Waals surface area contributed by atoms with Gasteiger partial charge in [-0.3, -0.25) is 4.79 Å². The van der Waals surface area contributed by atoms with Crippen LogP contribution in [0.3, 0.4) is 0 Å². The molecular formula is C17H34N2O2. The number of nitrogens with zero attached hydrogens (tertiary/aromatic N) is 1. The van der Waals surface area contributed by atoms with Crippen LogP contribution in [0, 0.1) is 11.3 Å². The molecule has 4 heteroatoms. The fourth-order valence-electron chi connectivity index (χ4n) is 2.67. The lowest BCUT2D eigenvalue weighted by atomic mass is 9.91. The van der Waals surface area contributed by atoms with Gasteiger partial charge in [-0.05, 0) is 37.1 Å². The highest BCUT2D eigenvalue weighted by Crippen LogP contribution is 2.21. The van der Waals surface area contributed by atoms with Crippen LogP contribution in [0.15, 0.2) is 0 Å². The minimum absolute atomic E-state index is 0.0686. The third kappa shape index (κ3) is 7.28. The molecule has 1 heterocycles. The van der Waals surface area contributed by atoms with Gasteiger partial charge in [-0.15, -0.1) is 0 Å². The molecule has 4 nitrogen and oxygen atoms in total. The zero-order valence-corrected chi connectivity index (χ0v) is 14.5. The third-order valence-electron chi connectivity index (χ3n) is 4.17. The number of aliphatic hydroxyl groups is 1. The number of amides is 1. The number of piperidine rings is 1. The van der Waals surface area contributed by atoms with Crippen LogP contribution in [0.2, 0.25) is 0 Å². The summed E-state index contributed by atoms with van der Waals surface area (Å²) in [6.07, 6.45) is 3.26. The predicted octanol–water partition coefficient (Wildman–Crippen LogP) is 2.41. The van der Waals surface area contributed by atoms with Crippen molar-refractivity contribution in [2.45, 2.75) is 72.4 Å². The zero-order chi connectivity index (χ0) is 16.0. The molecule has 0 bridgehead atoms. The van der Waals surface area contributed by atoms with Gasteiger partial charge in [-0.25, -0.2) is 0 Å². The Morgan fingerprint density at radius 1 is 1.29 bits per heavy atom. The van der Waals surface area contributed by atoms with Gasteiger partial charge in [0, 0.05) is 25.6 Å². The number of likely N-dealkylation sites (tertiary alicyclic amines) is 1. The monoisotopic (exact) mass is 298 g/mol. The van der Waals surface area contributed by atoms with E-state index in [4.69, 9.17) is 0 Å². The van der Waals surface area contributed by atoms with Crippen LogP contribution < -0.4 is 5.32 Å². The molecule has 0 spiro atoms. The van der Waals surface area contributed by atoms with Crippen molar-refractivity contribution in [2.75, 3.05) is 19.6 Å². The van der Waals surface area contributed by atoms with Crippen molar-refractivity contribution in [1.29, 1.82) is 0 Å². The first-order valence-corrected chi connectivity index (χ1v) is 8.38. The van der Waals surface area contributed by atoms with Crippen molar-refractivity contribution in [1.82, 2.24) is 10.2 Å². The van der Waals surface area contributed by atoms with Crippen molar-refractivity contribution in [3.8, 4) is 0 Å². The van der Waals surface area contributed by atoms with Gasteiger partial charge in [0.25, 0.3) is 0 Å². The van der Waals surface area contributed by atoms with Gasteiger partial charge in [0.05, 0.1) is 6.10 Å². The largest absolute Gasteiger partial charge is 0.393 e. The van der Waals surface area contributed by atoms with Crippen molar-refractivity contribution >= 4 is 5.91 Å². The average molecular weight is 298 g/mol. The highest BCUT2D eigenvalue weighted by atomic mass is 16.3. The highest BCUT2D eigenvalue weighted by molar-refractivity contribution is 5.76. The van der Waals surface area contributed by atoms with Crippen molar-refractivity contribution < 1.29 is 9.90 Å². The predicted molar refractivity (Wildman–Crippen MR) is 87.1 cm³/mol. The first-order valence-electron chi connectivity index (χ1n) is 8.38. The Hall–Kier alpha value is -0.610. The summed E-state index contributed by atoms with van der Waals surface area (Å²) in [6.45, 7) is 13.0. The SMILES string of the molecule is CC(C)C(O)CCNC1CCN(C(=O)CC(C)(C)C)CC1. The molecule has 0 aromatic rings. The Balaban J connectivity index is 2.22. The Labute approximate surface area is 130 Å². The van der Waals surface area contributed by atoms with Gasteiger partial charge in [0.2, 0.25) is 5.91 Å². The lowest BCUT2D eigenvalue weighted by Crippen LogP contribution is -2.46. The third-order valence-corrected chi connectivity index (χ3v) is 4.17. The summed E-state index contributed by atoms with van der Waals surface area (Å²) < 4.78 is 0. The highest BCUT2D eigenvalue weighted by Gasteiger charge is 2.25. The average Bonchev–Trinajstić information content (AvgIpc) is 2.37. The first-order chi connectivity index (χ1) is 9.69. The molecule has 1 unspecified atom stereocenters. The lowest BCUT2D eigenvalue weighted by Gasteiger charge is -2.34. The fraction of sp³-hybridized carbons (Fsp3) is 0.941. The smallest absolute Gasteiger partial charge is 0.223 e. The normalized spacial score (nSPS) is 19.1. The Morgan fingerprint density at radius 2 is 1.86 bits per heavy atom. The summed E-state index contributed by atoms with van der Waals surface area (Å²) in [5.74, 6) is 0.611. The van der Waals surface area contributed by atoms with Crippen LogP contribution in [-0.4, -0.2) is 47.7 Å². The quantitative estimate of drug-likeness (QED) is 0.792. The molecule has 1 aliphatic rings. The Bertz CT molecular complexity index is 315. The lowest BCUT2D eigenvalue weighted by molar-refractivity contribution is -0.134. The van der Waals surface area contributed by atoms with Gasteiger partial charge in [0.15, 0.2) is 0 Å². The maximum atomic E-state index is 12.2. The van der Waals surface area contributed by atoms with E-state index in [1.807, 2.05) is 18.7 Å². The number of hydrogen-bond donors (Lipinski definition) is 2. The molecule has 0 radical (unpaired) electrons. The van der Waals surface area contributed by atoms with Gasteiger partial charge in [-0.2, -0.15) is 0 Å². The van der Waals surface area contributed by atoms with E-state index >= 15 is 0 Å². The molecule has 1 rings (SSSR count). The summed E-state index contributed by atoms with van der Waals surface area (Å²) in [5, 5.41) is 13.3. The maximum absolute atomic E-state index is 12.2. The van der Waals surface area contributed by atoms with E-state index < -0.39 is 0 Å². The molecule has 1 fully saturated rings. The zero-order valence-electron chi connectivity index (χ0n) is 14.5. The number of nitrogens with one attached hydrogen (secondary N) is 1. The van der Waals surface area contributed by atoms with E-state index in [1.54, 1.807) is 0 Å². The topological polar surface area (TPSA) is 52.6 Å². The van der Waals surface area contributed by atoms with Crippen molar-refractivity contribution in [2.24, 2.45) is 11.3 Å². The minimum Gasteiger partial charge on any atom is -0.393 e. The second-order valence-electron chi connectivity index (χ2n) is 7.95. The molecule has 21 heavy (non-hydrogen) atoms. The molecule has 1 saturated heterocycles. The molecule has 1 aliphatic heterocycles. The molecule has 2 N–H and O–H groups in total. The van der Waals surface area contributed by atoms with Gasteiger partial charge in [0.1, 0.15) is 0 Å². The van der Waals surface area contributed by atoms with Crippen LogP contribution >= 0.6 is 0 Å². The van der Waals surface area contributed by atoms with E-state index in [0.717, 1.165) is 38.9 Å². The van der Waals surface area contributed by atoms with Crippen molar-refractivity contribution in [3.63, 3.8) is 0 Å². The first kappa shape index (κ1) is 18.4. The van der Waals surface area contributed by atoms with E-state index in [9.17, 15) is 9.90 Å². The molecule has 1 amide bonds. The number of carbonyl (C=O) groups excluding carboxylic acids is 1. The summed E-state index contributed by atoms with van der Waals surface area (Å²) >= 11 is 0. The van der Waals surface area contributed by atoms with Crippen LogP contribution in [0.1, 0.15) is 60.3 Å². The summed E-state index contributed by atoms with van der Waals surface area (Å²) in [5.41, 5.74) is 0.0686. The number of carbonyl (C=O) groups is 1. The molecule has 0 aliphatic carbocycles. The molecular weight excluding hydrogens is 264 g/mol. The molecule has 0 aromatic carbocycles. The van der Waals surface area contributed by atoms with Crippen LogP contribution in [-0.2, 0) is 4.79 Å². The van der Waals surface area contributed by atoms with Crippen molar-refractivity contribution in [3.05, 3.63) is 0 Å². The Morgan fingerprint density at radius 3 is 2.33 bits per heavy atom. The van der Waals surface area contributed by atoms with Crippen LogP contribution in [0.5, 0.6) is 0 Å². The summed E-state index contributed by atoms with van der Waals surface area (Å²) in [6, 6.07) is 0.489. The molecule has 1 atom stereocenters. The number of hydrogen-bond acceptors (Lipinski definition) is 3. The molecule has 0 saturated carbocycles. The summed E-state index contributed by atoms with van der Waals surface area (Å²) in [4.78, 5) is 14.2. The van der Waals surface area contributed by atoms with E-state index in [1.165, 1.54) is 0 Å². The van der Waals surface area contributed by atoms with Crippen LogP contribution in [0.4, 0.5) is 0 Å². The molecule has 0 aromatic heterocycles.